The Morgan fingerprint density at radius 1 is 1.17 bits per heavy atom. The van der Waals surface area contributed by atoms with E-state index in [1.807, 2.05) is 20.0 Å². The van der Waals surface area contributed by atoms with Crippen molar-refractivity contribution in [2.75, 3.05) is 0 Å². The zero-order valence-corrected chi connectivity index (χ0v) is 7.11. The van der Waals surface area contributed by atoms with Crippen LogP contribution in [0.2, 0.25) is 0 Å². The quantitative estimate of drug-likeness (QED) is 0.614. The van der Waals surface area contributed by atoms with Gasteiger partial charge < -0.3 is 4.98 Å². The van der Waals surface area contributed by atoms with Gasteiger partial charge in [0.25, 0.3) is 0 Å². The molecule has 1 aromatic carbocycles. The first-order valence-electron chi connectivity index (χ1n) is 3.93. The van der Waals surface area contributed by atoms with E-state index < -0.39 is 0 Å². The summed E-state index contributed by atoms with van der Waals surface area (Å²) in [5, 5.41) is 1.01. The van der Waals surface area contributed by atoms with E-state index in [0.717, 1.165) is 16.5 Å². The molecule has 2 aromatic rings. The van der Waals surface area contributed by atoms with Crippen LogP contribution in [-0.4, -0.2) is 4.98 Å². The third-order valence-electron chi connectivity index (χ3n) is 2.19. The molecule has 0 saturated carbocycles. The molecule has 0 spiro atoms. The predicted octanol–water partition coefficient (Wildman–Crippen LogP) is 2.92. The van der Waals surface area contributed by atoms with Crippen molar-refractivity contribution in [2.45, 2.75) is 13.8 Å². The summed E-state index contributed by atoms with van der Waals surface area (Å²) < 4.78 is 13.1. The topological polar surface area (TPSA) is 15.8 Å². The van der Waals surface area contributed by atoms with Crippen LogP contribution in [0.5, 0.6) is 0 Å². The molecule has 0 bridgehead atoms. The number of aromatic nitrogens is 1. The van der Waals surface area contributed by atoms with E-state index in [0.29, 0.717) is 5.52 Å². The Labute approximate surface area is 70.2 Å². The SMILES string of the molecule is Cc1ccc(F)c2[nH]cc(C)c12. The third-order valence-corrected chi connectivity index (χ3v) is 2.19. The van der Waals surface area contributed by atoms with E-state index in [2.05, 4.69) is 4.98 Å². The van der Waals surface area contributed by atoms with Crippen molar-refractivity contribution in [1.82, 2.24) is 4.98 Å². The number of nitrogens with one attached hydrogen (secondary N) is 1. The van der Waals surface area contributed by atoms with Crippen LogP contribution in [0.4, 0.5) is 4.39 Å². The molecule has 0 aliphatic carbocycles. The predicted molar refractivity (Wildman–Crippen MR) is 47.7 cm³/mol. The molecule has 1 N–H and O–H groups in total. The summed E-state index contributed by atoms with van der Waals surface area (Å²) in [6.07, 6.45) is 1.83. The fourth-order valence-electron chi connectivity index (χ4n) is 1.58. The zero-order valence-electron chi connectivity index (χ0n) is 7.11. The Bertz CT molecular complexity index is 429. The highest BCUT2D eigenvalue weighted by atomic mass is 19.1. The van der Waals surface area contributed by atoms with Crippen LogP contribution < -0.4 is 0 Å². The summed E-state index contributed by atoms with van der Waals surface area (Å²) in [7, 11) is 0. The molecule has 0 aliphatic heterocycles. The summed E-state index contributed by atoms with van der Waals surface area (Å²) in [4.78, 5) is 2.92. The van der Waals surface area contributed by atoms with Crippen LogP contribution >= 0.6 is 0 Å². The van der Waals surface area contributed by atoms with Crippen LogP contribution in [0.3, 0.4) is 0 Å². The van der Waals surface area contributed by atoms with Crippen molar-refractivity contribution >= 4 is 10.9 Å². The highest BCUT2D eigenvalue weighted by molar-refractivity contribution is 5.86. The van der Waals surface area contributed by atoms with Gasteiger partial charge in [0.2, 0.25) is 0 Å². The van der Waals surface area contributed by atoms with E-state index in [1.54, 1.807) is 6.07 Å². The largest absolute Gasteiger partial charge is 0.359 e. The highest BCUT2D eigenvalue weighted by Gasteiger charge is 2.06. The summed E-state index contributed by atoms with van der Waals surface area (Å²) >= 11 is 0. The van der Waals surface area contributed by atoms with Gasteiger partial charge in [0, 0.05) is 11.6 Å². The summed E-state index contributed by atoms with van der Waals surface area (Å²) in [5.74, 6) is -0.177. The number of aryl methyl sites for hydroxylation is 2. The zero-order chi connectivity index (χ0) is 8.72. The van der Waals surface area contributed by atoms with Crippen molar-refractivity contribution in [3.05, 3.63) is 35.3 Å². The molecule has 0 saturated heterocycles. The molecule has 2 heteroatoms. The van der Waals surface area contributed by atoms with Gasteiger partial charge in [-0.3, -0.25) is 0 Å². The lowest BCUT2D eigenvalue weighted by Gasteiger charge is -1.97. The molecule has 12 heavy (non-hydrogen) atoms. The molecule has 0 amide bonds. The van der Waals surface area contributed by atoms with Gasteiger partial charge in [-0.2, -0.15) is 0 Å². The minimum absolute atomic E-state index is 0.177. The summed E-state index contributed by atoms with van der Waals surface area (Å²) in [6, 6.07) is 3.30. The van der Waals surface area contributed by atoms with Crippen molar-refractivity contribution in [3.63, 3.8) is 0 Å². The number of aromatic amines is 1. The molecule has 0 unspecified atom stereocenters. The van der Waals surface area contributed by atoms with Crippen molar-refractivity contribution in [1.29, 1.82) is 0 Å². The van der Waals surface area contributed by atoms with E-state index in [4.69, 9.17) is 0 Å². The maximum absolute atomic E-state index is 13.1. The molecule has 0 fully saturated rings. The second kappa shape index (κ2) is 2.34. The number of hydrogen-bond acceptors (Lipinski definition) is 0. The maximum Gasteiger partial charge on any atom is 0.147 e. The van der Waals surface area contributed by atoms with E-state index in [-0.39, 0.29) is 5.82 Å². The van der Waals surface area contributed by atoms with E-state index >= 15 is 0 Å². The van der Waals surface area contributed by atoms with Crippen LogP contribution in [0.25, 0.3) is 10.9 Å². The molecule has 1 nitrogen and oxygen atoms in total. The second-order valence-electron chi connectivity index (χ2n) is 3.09. The molecular formula is C10H10FN. The summed E-state index contributed by atoms with van der Waals surface area (Å²) in [5.41, 5.74) is 2.83. The Morgan fingerprint density at radius 2 is 1.92 bits per heavy atom. The number of H-pyrrole nitrogens is 1. The monoisotopic (exact) mass is 163 g/mol. The molecule has 1 aromatic heterocycles. The lowest BCUT2D eigenvalue weighted by atomic mass is 10.1. The minimum Gasteiger partial charge on any atom is -0.359 e. The standard InChI is InChI=1S/C10H10FN/c1-6-3-4-8(11)10-9(6)7(2)5-12-10/h3-5,12H,1-2H3. The van der Waals surface area contributed by atoms with Gasteiger partial charge in [0.15, 0.2) is 0 Å². The number of fused-ring (bicyclic) bond motifs is 1. The van der Waals surface area contributed by atoms with Crippen molar-refractivity contribution in [2.24, 2.45) is 0 Å². The van der Waals surface area contributed by atoms with Gasteiger partial charge >= 0.3 is 0 Å². The Kier molecular flexibility index (Phi) is 1.43. The molecule has 0 atom stereocenters. The Morgan fingerprint density at radius 3 is 2.58 bits per heavy atom. The van der Waals surface area contributed by atoms with Crippen LogP contribution in [0, 0.1) is 19.7 Å². The van der Waals surface area contributed by atoms with Crippen LogP contribution in [0.1, 0.15) is 11.1 Å². The fraction of sp³-hybridized carbons (Fsp3) is 0.200. The van der Waals surface area contributed by atoms with Crippen molar-refractivity contribution in [3.8, 4) is 0 Å². The second-order valence-corrected chi connectivity index (χ2v) is 3.09. The van der Waals surface area contributed by atoms with Gasteiger partial charge in [-0.1, -0.05) is 6.07 Å². The average molecular weight is 163 g/mol. The van der Waals surface area contributed by atoms with Crippen LogP contribution in [-0.2, 0) is 0 Å². The first-order chi connectivity index (χ1) is 5.70. The third kappa shape index (κ3) is 0.843. The molecular weight excluding hydrogens is 153 g/mol. The number of halogens is 1. The number of hydrogen-bond donors (Lipinski definition) is 1. The lowest BCUT2D eigenvalue weighted by molar-refractivity contribution is 0.637. The van der Waals surface area contributed by atoms with Crippen molar-refractivity contribution < 1.29 is 4.39 Å². The van der Waals surface area contributed by atoms with Gasteiger partial charge in [0.1, 0.15) is 5.82 Å². The molecule has 2 rings (SSSR count). The number of benzene rings is 1. The van der Waals surface area contributed by atoms with Crippen LogP contribution in [0.15, 0.2) is 18.3 Å². The molecule has 0 aliphatic rings. The molecule has 1 heterocycles. The van der Waals surface area contributed by atoms with Gasteiger partial charge in [-0.25, -0.2) is 4.39 Å². The van der Waals surface area contributed by atoms with Gasteiger partial charge in [-0.05, 0) is 31.0 Å². The Balaban J connectivity index is 2.98. The average Bonchev–Trinajstić information content (AvgIpc) is 2.42. The first kappa shape index (κ1) is 7.35. The summed E-state index contributed by atoms with van der Waals surface area (Å²) in [6.45, 7) is 3.97. The van der Waals surface area contributed by atoms with E-state index in [1.165, 1.54) is 6.07 Å². The molecule has 0 radical (unpaired) electrons. The number of rotatable bonds is 0. The lowest BCUT2D eigenvalue weighted by Crippen LogP contribution is -1.81. The first-order valence-corrected chi connectivity index (χ1v) is 3.93. The fourth-order valence-corrected chi connectivity index (χ4v) is 1.58. The Hall–Kier alpha value is -1.31. The van der Waals surface area contributed by atoms with Gasteiger partial charge in [-0.15, -0.1) is 0 Å². The van der Waals surface area contributed by atoms with Gasteiger partial charge in [0.05, 0.1) is 5.52 Å². The normalized spacial score (nSPS) is 10.9. The highest BCUT2D eigenvalue weighted by Crippen LogP contribution is 2.23. The smallest absolute Gasteiger partial charge is 0.147 e. The van der Waals surface area contributed by atoms with E-state index in [9.17, 15) is 4.39 Å². The minimum atomic E-state index is -0.177. The maximum atomic E-state index is 13.1. The molecule has 62 valence electrons.